The molecule has 0 saturated carbocycles. The third kappa shape index (κ3) is 9.54. The second-order valence-electron chi connectivity index (χ2n) is 13.7. The number of imidazole rings is 1. The first kappa shape index (κ1) is 40.8. The first-order chi connectivity index (χ1) is 26.8. The average Bonchev–Trinajstić information content (AvgIpc) is 3.78. The largest absolute Gasteiger partial charge is 0.416 e. The molecule has 0 saturated heterocycles. The standard InChI is InChI=1S/C39H43ClF3N9O3S/c1-51-22-45-21-27(51)17-32-35(53)50-31(11-5-6-12-44)38(55)52(2)33(15-24-19-47-30-10-4-3-9-28(24)30)36(54)49-20-25-14-26(39(41,42)43)16-29(40)34(25)56-37-23(18-48-32)8-7-13-46-37/h3-4,7-10,13-14,16,19,21-22,31-33,47-48H,5-6,11-12,15,17-18,20,44H2,1-2H3,(H,49,54)(H,50,53)/t31-,32-,33-/m0/s1. The molecule has 56 heavy (non-hydrogen) atoms. The van der Waals surface area contributed by atoms with E-state index >= 15 is 0 Å². The summed E-state index contributed by atoms with van der Waals surface area (Å²) in [6.07, 6.45) is 3.53. The minimum absolute atomic E-state index is 0.0640. The third-order valence-corrected chi connectivity index (χ3v) is 11.6. The third-order valence-electron chi connectivity index (χ3n) is 9.90. The van der Waals surface area contributed by atoms with Crippen LogP contribution in [-0.4, -0.2) is 73.9 Å². The van der Waals surface area contributed by atoms with E-state index in [4.69, 9.17) is 17.3 Å². The van der Waals surface area contributed by atoms with Gasteiger partial charge in [-0.1, -0.05) is 47.6 Å². The van der Waals surface area contributed by atoms with Gasteiger partial charge in [-0.05, 0) is 66.8 Å². The number of nitrogens with two attached hydrogens (primary N) is 1. The molecule has 3 aromatic heterocycles. The van der Waals surface area contributed by atoms with Crippen LogP contribution in [0.25, 0.3) is 10.9 Å². The van der Waals surface area contributed by atoms with Crippen LogP contribution in [0.4, 0.5) is 13.2 Å². The van der Waals surface area contributed by atoms with Crippen LogP contribution in [0.15, 0.2) is 83.4 Å². The SMILES string of the molecule is CN1C(=O)[C@H](CCCCN)NC(=O)[C@H](Cc2cncn2C)NCc2cccnc2Sc2c(Cl)cc(C(F)(F)F)cc2CNC(=O)[C@@H]1Cc1c[nH]c2ccccc12. The van der Waals surface area contributed by atoms with E-state index in [2.05, 4.69) is 30.9 Å². The molecule has 0 unspecified atom stereocenters. The zero-order valence-corrected chi connectivity index (χ0v) is 32.4. The predicted molar refractivity (Wildman–Crippen MR) is 208 cm³/mol. The van der Waals surface area contributed by atoms with Gasteiger partial charge in [0, 0.05) is 80.1 Å². The fourth-order valence-corrected chi connectivity index (χ4v) is 8.08. The Labute approximate surface area is 331 Å². The van der Waals surface area contributed by atoms with E-state index in [1.807, 2.05) is 31.3 Å². The van der Waals surface area contributed by atoms with Gasteiger partial charge in [0.05, 0.1) is 23.0 Å². The number of unbranched alkanes of at least 4 members (excludes halogenated alkanes) is 1. The van der Waals surface area contributed by atoms with Crippen molar-refractivity contribution < 1.29 is 27.6 Å². The molecule has 4 heterocycles. The van der Waals surface area contributed by atoms with Crippen LogP contribution in [0.2, 0.25) is 5.02 Å². The molecule has 0 aliphatic carbocycles. The summed E-state index contributed by atoms with van der Waals surface area (Å²) in [6, 6.07) is 9.82. The number of likely N-dealkylation sites (N-methyl/N-ethyl adjacent to an activating group) is 1. The number of nitrogens with one attached hydrogen (secondary N) is 4. The van der Waals surface area contributed by atoms with E-state index in [0.29, 0.717) is 30.0 Å². The lowest BCUT2D eigenvalue weighted by Crippen LogP contribution is -2.57. The summed E-state index contributed by atoms with van der Waals surface area (Å²) in [5.41, 5.74) is 7.91. The zero-order valence-electron chi connectivity index (χ0n) is 30.8. The second kappa shape index (κ2) is 17.9. The van der Waals surface area contributed by atoms with Crippen LogP contribution in [0, 0.1) is 0 Å². The molecular weight excluding hydrogens is 767 g/mol. The summed E-state index contributed by atoms with van der Waals surface area (Å²) in [4.78, 5) is 56.6. The minimum atomic E-state index is -4.72. The number of carbonyl (C=O) groups is 3. The summed E-state index contributed by atoms with van der Waals surface area (Å²) in [7, 11) is 3.31. The van der Waals surface area contributed by atoms with E-state index < -0.39 is 47.6 Å². The highest BCUT2D eigenvalue weighted by Gasteiger charge is 2.36. The van der Waals surface area contributed by atoms with Gasteiger partial charge in [0.2, 0.25) is 17.7 Å². The molecule has 1 aliphatic rings. The highest BCUT2D eigenvalue weighted by atomic mass is 35.5. The number of aromatic amines is 1. The number of H-pyrrole nitrogens is 1. The Bertz CT molecular complexity index is 2190. The Hall–Kier alpha value is -4.90. The highest BCUT2D eigenvalue weighted by molar-refractivity contribution is 7.99. The van der Waals surface area contributed by atoms with Crippen molar-refractivity contribution in [1.29, 1.82) is 0 Å². The maximum absolute atomic E-state index is 14.5. The van der Waals surface area contributed by atoms with Crippen LogP contribution in [0.5, 0.6) is 0 Å². The number of nitrogens with zero attached hydrogens (tertiary/aromatic N) is 4. The molecule has 0 radical (unpaired) electrons. The van der Waals surface area contributed by atoms with Crippen LogP contribution >= 0.6 is 23.4 Å². The van der Waals surface area contributed by atoms with E-state index in [-0.39, 0.29) is 47.8 Å². The first-order valence-corrected chi connectivity index (χ1v) is 19.3. The number of aryl methyl sites for hydroxylation is 1. The highest BCUT2D eigenvalue weighted by Crippen LogP contribution is 2.41. The van der Waals surface area contributed by atoms with Crippen LogP contribution in [0.1, 0.15) is 47.2 Å². The molecular formula is C39H43ClF3N9O3S. The summed E-state index contributed by atoms with van der Waals surface area (Å²) in [5.74, 6) is -1.56. The first-order valence-electron chi connectivity index (χ1n) is 18.1. The molecule has 0 fully saturated rings. The molecule has 12 nitrogen and oxygen atoms in total. The maximum Gasteiger partial charge on any atom is 0.416 e. The number of aromatic nitrogens is 4. The molecule has 296 valence electrons. The van der Waals surface area contributed by atoms with Gasteiger partial charge in [-0.25, -0.2) is 9.97 Å². The van der Waals surface area contributed by atoms with Gasteiger partial charge in [-0.3, -0.25) is 14.4 Å². The number of benzene rings is 2. The van der Waals surface area contributed by atoms with Gasteiger partial charge in [0.15, 0.2) is 0 Å². The average molecular weight is 810 g/mol. The van der Waals surface area contributed by atoms with Crippen molar-refractivity contribution in [1.82, 2.24) is 40.4 Å². The number of pyridine rings is 1. The van der Waals surface area contributed by atoms with Crippen molar-refractivity contribution in [2.45, 2.75) is 79.4 Å². The number of para-hydroxylation sites is 1. The topological polar surface area (TPSA) is 163 Å². The van der Waals surface area contributed by atoms with Crippen LogP contribution in [0.3, 0.4) is 0 Å². The predicted octanol–water partition coefficient (Wildman–Crippen LogP) is 5.13. The molecule has 3 atom stereocenters. The number of carbonyl (C=O) groups excluding carboxylic acids is 3. The lowest BCUT2D eigenvalue weighted by Gasteiger charge is -2.32. The lowest BCUT2D eigenvalue weighted by atomic mass is 10.0. The summed E-state index contributed by atoms with van der Waals surface area (Å²) >= 11 is 7.66. The lowest BCUT2D eigenvalue weighted by molar-refractivity contribution is -0.142. The fourth-order valence-electron chi connectivity index (χ4n) is 6.72. The van der Waals surface area contributed by atoms with Crippen LogP contribution in [-0.2, 0) is 53.5 Å². The summed E-state index contributed by atoms with van der Waals surface area (Å²) in [5, 5.41) is 10.2. The Kier molecular flexibility index (Phi) is 13.0. The molecule has 3 amide bonds. The van der Waals surface area contributed by atoms with Crippen molar-refractivity contribution in [3.8, 4) is 0 Å². The quantitative estimate of drug-likeness (QED) is 0.135. The Balaban J connectivity index is 1.45. The number of amides is 3. The second-order valence-corrected chi connectivity index (χ2v) is 15.1. The van der Waals surface area contributed by atoms with Gasteiger partial charge in [0.25, 0.3) is 0 Å². The normalized spacial score (nSPS) is 18.9. The smallest absolute Gasteiger partial charge is 0.361 e. The van der Waals surface area contributed by atoms with Crippen molar-refractivity contribution >= 4 is 52.0 Å². The molecule has 17 heteroatoms. The molecule has 2 aromatic carbocycles. The van der Waals surface area contributed by atoms with Gasteiger partial charge in [-0.2, -0.15) is 13.2 Å². The molecule has 1 aliphatic heterocycles. The Morgan fingerprint density at radius 1 is 0.982 bits per heavy atom. The number of fused-ring (bicyclic) bond motifs is 3. The zero-order chi connectivity index (χ0) is 40.0. The Morgan fingerprint density at radius 3 is 2.54 bits per heavy atom. The van der Waals surface area contributed by atoms with Crippen LogP contribution < -0.4 is 21.7 Å². The molecule has 0 bridgehead atoms. The number of hydrogen-bond donors (Lipinski definition) is 5. The van der Waals surface area contributed by atoms with E-state index in [0.717, 1.165) is 46.1 Å². The number of hydrogen-bond acceptors (Lipinski definition) is 8. The van der Waals surface area contributed by atoms with Crippen molar-refractivity contribution in [2.24, 2.45) is 12.8 Å². The monoisotopic (exact) mass is 809 g/mol. The van der Waals surface area contributed by atoms with E-state index in [1.165, 1.54) is 11.9 Å². The molecule has 5 aromatic rings. The molecule has 0 spiro atoms. The number of halogens is 4. The molecule has 6 rings (SSSR count). The number of alkyl halides is 3. The van der Waals surface area contributed by atoms with Crippen molar-refractivity contribution in [3.63, 3.8) is 0 Å². The molecule has 6 N–H and O–H groups in total. The van der Waals surface area contributed by atoms with Gasteiger partial charge >= 0.3 is 6.18 Å². The summed E-state index contributed by atoms with van der Waals surface area (Å²) in [6.45, 7) is 0.184. The van der Waals surface area contributed by atoms with Crippen molar-refractivity contribution in [3.05, 3.63) is 106 Å². The maximum atomic E-state index is 14.5. The van der Waals surface area contributed by atoms with E-state index in [1.54, 1.807) is 41.6 Å². The fraction of sp³-hybridized carbons (Fsp3) is 0.359. The van der Waals surface area contributed by atoms with E-state index in [9.17, 15) is 27.6 Å². The van der Waals surface area contributed by atoms with Gasteiger partial charge in [-0.15, -0.1) is 0 Å². The number of rotatable bonds is 8. The Morgan fingerprint density at radius 2 is 1.79 bits per heavy atom. The van der Waals surface area contributed by atoms with Crippen molar-refractivity contribution in [2.75, 3.05) is 13.6 Å². The summed E-state index contributed by atoms with van der Waals surface area (Å²) < 4.78 is 44.2. The van der Waals surface area contributed by atoms with Gasteiger partial charge in [0.1, 0.15) is 17.1 Å². The minimum Gasteiger partial charge on any atom is -0.361 e. The van der Waals surface area contributed by atoms with Gasteiger partial charge < -0.3 is 36.1 Å².